The van der Waals surface area contributed by atoms with Crippen molar-refractivity contribution in [2.24, 2.45) is 5.14 Å². The van der Waals surface area contributed by atoms with Gasteiger partial charge in [0.1, 0.15) is 11.8 Å². The second kappa shape index (κ2) is 2.66. The zero-order valence-electron chi connectivity index (χ0n) is 6.95. The van der Waals surface area contributed by atoms with Crippen molar-refractivity contribution in [1.82, 2.24) is 13.9 Å². The molecule has 0 aliphatic heterocycles. The Labute approximate surface area is 79.5 Å². The summed E-state index contributed by atoms with van der Waals surface area (Å²) in [4.78, 5) is 7.57. The molecule has 0 saturated heterocycles. The number of nitrogen functional groups attached to an aromatic ring is 1. The lowest BCUT2D eigenvalue weighted by Crippen LogP contribution is -2.20. The second-order valence-corrected chi connectivity index (χ2v) is 4.07. The molecule has 0 aromatic carbocycles. The Bertz CT molecular complexity index is 587. The van der Waals surface area contributed by atoms with Crippen molar-refractivity contribution in [3.05, 3.63) is 18.6 Å². The molecule has 0 saturated carbocycles. The Morgan fingerprint density at radius 2 is 2.07 bits per heavy atom. The summed E-state index contributed by atoms with van der Waals surface area (Å²) in [6.07, 6.45) is 2.49. The Morgan fingerprint density at radius 1 is 1.36 bits per heavy atom. The van der Waals surface area contributed by atoms with Crippen LogP contribution in [0.3, 0.4) is 0 Å². The van der Waals surface area contributed by atoms with E-state index in [0.717, 1.165) is 10.3 Å². The number of rotatable bonds is 1. The van der Waals surface area contributed by atoms with E-state index in [4.69, 9.17) is 10.9 Å². The Hall–Kier alpha value is -1.67. The quantitative estimate of drug-likeness (QED) is 0.634. The molecule has 8 heteroatoms. The van der Waals surface area contributed by atoms with Gasteiger partial charge in [-0.1, -0.05) is 0 Å². The lowest BCUT2D eigenvalue weighted by atomic mass is 10.4. The summed E-state index contributed by atoms with van der Waals surface area (Å²) < 4.78 is 23.0. The Balaban J connectivity index is 2.90. The van der Waals surface area contributed by atoms with E-state index in [0.29, 0.717) is 11.0 Å². The number of hydrogen-bond acceptors (Lipinski definition) is 5. The minimum absolute atomic E-state index is 0.171. The average molecular weight is 213 g/mol. The van der Waals surface area contributed by atoms with E-state index in [1.165, 1.54) is 12.3 Å². The van der Waals surface area contributed by atoms with Crippen molar-refractivity contribution in [3.8, 4) is 0 Å². The molecular weight excluding hydrogens is 206 g/mol. The molecule has 2 rings (SSSR count). The molecule has 0 radical (unpaired) electrons. The largest absolute Gasteiger partial charge is 0.382 e. The molecule has 0 atom stereocenters. The van der Waals surface area contributed by atoms with Crippen LogP contribution in [-0.4, -0.2) is 22.4 Å². The smallest absolute Gasteiger partial charge is 0.304 e. The van der Waals surface area contributed by atoms with Gasteiger partial charge in [0.15, 0.2) is 5.82 Å². The van der Waals surface area contributed by atoms with Crippen LogP contribution in [0.4, 0.5) is 5.82 Å². The van der Waals surface area contributed by atoms with Gasteiger partial charge >= 0.3 is 10.2 Å². The highest BCUT2D eigenvalue weighted by atomic mass is 32.2. The first kappa shape index (κ1) is 8.91. The fraction of sp³-hybridized carbons (Fsp3) is 0. The number of aromatic nitrogens is 3. The lowest BCUT2D eigenvalue weighted by Gasteiger charge is -1.99. The molecule has 4 N–H and O–H groups in total. The van der Waals surface area contributed by atoms with E-state index in [-0.39, 0.29) is 5.82 Å². The summed E-state index contributed by atoms with van der Waals surface area (Å²) >= 11 is 0. The predicted molar refractivity (Wildman–Crippen MR) is 50.4 cm³/mol. The molecule has 0 aliphatic carbocycles. The normalized spacial score (nSPS) is 12.1. The van der Waals surface area contributed by atoms with Gasteiger partial charge in [0.05, 0.1) is 5.52 Å². The number of nitrogens with two attached hydrogens (primary N) is 2. The van der Waals surface area contributed by atoms with Crippen LogP contribution >= 0.6 is 0 Å². The third kappa shape index (κ3) is 1.20. The van der Waals surface area contributed by atoms with Gasteiger partial charge in [-0.2, -0.15) is 8.42 Å². The van der Waals surface area contributed by atoms with Crippen molar-refractivity contribution in [3.63, 3.8) is 0 Å². The first-order chi connectivity index (χ1) is 6.50. The van der Waals surface area contributed by atoms with Gasteiger partial charge in [0, 0.05) is 6.20 Å². The van der Waals surface area contributed by atoms with Crippen molar-refractivity contribution in [2.45, 2.75) is 0 Å². The minimum Gasteiger partial charge on any atom is -0.382 e. The highest BCUT2D eigenvalue weighted by molar-refractivity contribution is 7.87. The first-order valence-corrected chi connectivity index (χ1v) is 5.11. The average Bonchev–Trinajstić information content (AvgIpc) is 2.47. The topological polar surface area (TPSA) is 117 Å². The molecule has 0 fully saturated rings. The summed E-state index contributed by atoms with van der Waals surface area (Å²) in [7, 11) is -3.83. The highest BCUT2D eigenvalue weighted by Crippen LogP contribution is 2.16. The SMILES string of the molecule is Nc1nccc2c1ncn2S(N)(=O)=O. The molecule has 0 bridgehead atoms. The summed E-state index contributed by atoms with van der Waals surface area (Å²) in [5.74, 6) is 0.171. The van der Waals surface area contributed by atoms with E-state index in [1.54, 1.807) is 0 Å². The number of nitrogens with zero attached hydrogens (tertiary/aromatic N) is 3. The van der Waals surface area contributed by atoms with Crippen LogP contribution in [0.2, 0.25) is 0 Å². The maximum absolute atomic E-state index is 11.1. The van der Waals surface area contributed by atoms with E-state index in [1.807, 2.05) is 0 Å². The zero-order valence-corrected chi connectivity index (χ0v) is 7.77. The van der Waals surface area contributed by atoms with Crippen LogP contribution in [0.1, 0.15) is 0 Å². The lowest BCUT2D eigenvalue weighted by molar-refractivity contribution is 0.590. The number of fused-ring (bicyclic) bond motifs is 1. The van der Waals surface area contributed by atoms with E-state index >= 15 is 0 Å². The molecule has 74 valence electrons. The first-order valence-electron chi connectivity index (χ1n) is 3.61. The third-order valence-electron chi connectivity index (χ3n) is 1.73. The molecule has 0 aliphatic rings. The fourth-order valence-electron chi connectivity index (χ4n) is 1.14. The van der Waals surface area contributed by atoms with E-state index < -0.39 is 10.2 Å². The number of imidazole rings is 1. The van der Waals surface area contributed by atoms with Crippen molar-refractivity contribution in [2.75, 3.05) is 5.73 Å². The summed E-state index contributed by atoms with van der Waals surface area (Å²) in [6, 6.07) is 1.48. The third-order valence-corrected chi connectivity index (χ3v) is 2.57. The number of pyridine rings is 1. The fourth-order valence-corrected chi connectivity index (χ4v) is 1.74. The van der Waals surface area contributed by atoms with Gasteiger partial charge in [-0.3, -0.25) is 0 Å². The highest BCUT2D eigenvalue weighted by Gasteiger charge is 2.12. The Kier molecular flexibility index (Phi) is 1.69. The van der Waals surface area contributed by atoms with Crippen LogP contribution in [0.5, 0.6) is 0 Å². The molecule has 0 amide bonds. The zero-order chi connectivity index (χ0) is 10.3. The second-order valence-electron chi connectivity index (χ2n) is 2.65. The summed E-state index contributed by atoms with van der Waals surface area (Å²) in [5.41, 5.74) is 6.13. The maximum Gasteiger partial charge on any atom is 0.304 e. The van der Waals surface area contributed by atoms with Crippen molar-refractivity contribution >= 4 is 27.1 Å². The number of hydrogen-bond donors (Lipinski definition) is 2. The Morgan fingerprint density at radius 3 is 2.71 bits per heavy atom. The van der Waals surface area contributed by atoms with Gasteiger partial charge in [-0.05, 0) is 6.07 Å². The van der Waals surface area contributed by atoms with Gasteiger partial charge in [-0.15, -0.1) is 0 Å². The number of anilines is 1. The van der Waals surface area contributed by atoms with Gasteiger partial charge < -0.3 is 5.73 Å². The minimum atomic E-state index is -3.83. The molecule has 2 aromatic rings. The van der Waals surface area contributed by atoms with Crippen LogP contribution in [-0.2, 0) is 10.2 Å². The molecule has 0 spiro atoms. The maximum atomic E-state index is 11.1. The summed E-state index contributed by atoms with van der Waals surface area (Å²) in [5, 5.41) is 4.95. The van der Waals surface area contributed by atoms with Crippen molar-refractivity contribution < 1.29 is 8.42 Å². The molecule has 2 aromatic heterocycles. The van der Waals surface area contributed by atoms with Gasteiger partial charge in [-0.25, -0.2) is 19.1 Å². The molecule has 0 unspecified atom stereocenters. The van der Waals surface area contributed by atoms with Gasteiger partial charge in [0.2, 0.25) is 0 Å². The predicted octanol–water partition coefficient (Wildman–Crippen LogP) is -0.935. The van der Waals surface area contributed by atoms with Crippen LogP contribution in [0.25, 0.3) is 11.0 Å². The standard InChI is InChI=1S/C6H7N5O2S/c7-6-5-4(1-2-9-6)11(3-10-5)14(8,12)13/h1-3H,(H2,7,9)(H2,8,12,13). The van der Waals surface area contributed by atoms with E-state index in [2.05, 4.69) is 9.97 Å². The van der Waals surface area contributed by atoms with Crippen molar-refractivity contribution in [1.29, 1.82) is 0 Å². The van der Waals surface area contributed by atoms with Crippen LogP contribution < -0.4 is 10.9 Å². The van der Waals surface area contributed by atoms with Crippen LogP contribution in [0.15, 0.2) is 18.6 Å². The monoisotopic (exact) mass is 213 g/mol. The molecule has 14 heavy (non-hydrogen) atoms. The molecule has 7 nitrogen and oxygen atoms in total. The van der Waals surface area contributed by atoms with Gasteiger partial charge in [0.25, 0.3) is 0 Å². The van der Waals surface area contributed by atoms with E-state index in [9.17, 15) is 8.42 Å². The summed E-state index contributed by atoms with van der Waals surface area (Å²) in [6.45, 7) is 0. The van der Waals surface area contributed by atoms with Crippen LogP contribution in [0, 0.1) is 0 Å². The molecular formula is C6H7N5O2S. The molecule has 2 heterocycles.